The molecule has 2 fully saturated rings. The van der Waals surface area contributed by atoms with Crippen LogP contribution < -0.4 is 0 Å². The second-order valence-electron chi connectivity index (χ2n) is 7.90. The molecule has 0 unspecified atom stereocenters. The summed E-state index contributed by atoms with van der Waals surface area (Å²) >= 11 is 0. The molecule has 1 aromatic rings. The molecule has 2 aliphatic rings. The third-order valence-corrected chi connectivity index (χ3v) is 5.40. The highest BCUT2D eigenvalue weighted by Gasteiger charge is 2.49. The normalized spacial score (nSPS) is 23.9. The van der Waals surface area contributed by atoms with Gasteiger partial charge in [-0.1, -0.05) is 24.5 Å². The third kappa shape index (κ3) is 4.08. The molecule has 4 nitrogen and oxygen atoms in total. The van der Waals surface area contributed by atoms with Gasteiger partial charge in [0.15, 0.2) is 0 Å². The molecule has 0 amide bonds. The Morgan fingerprint density at radius 3 is 2.33 bits per heavy atom. The van der Waals surface area contributed by atoms with Gasteiger partial charge < -0.3 is 9.31 Å². The van der Waals surface area contributed by atoms with Crippen LogP contribution in [0.25, 0.3) is 6.08 Å². The van der Waals surface area contributed by atoms with Crippen molar-refractivity contribution in [1.29, 1.82) is 0 Å². The van der Waals surface area contributed by atoms with Gasteiger partial charge in [-0.3, -0.25) is 9.88 Å². The van der Waals surface area contributed by atoms with Crippen LogP contribution in [0.1, 0.15) is 58.2 Å². The van der Waals surface area contributed by atoms with Gasteiger partial charge in [0, 0.05) is 12.7 Å². The Labute approximate surface area is 146 Å². The van der Waals surface area contributed by atoms with Crippen molar-refractivity contribution in [2.45, 2.75) is 64.7 Å². The summed E-state index contributed by atoms with van der Waals surface area (Å²) in [7, 11) is -0.303. The summed E-state index contributed by atoms with van der Waals surface area (Å²) in [5, 5.41) is 0. The maximum atomic E-state index is 5.97. The fourth-order valence-corrected chi connectivity index (χ4v) is 3.13. The monoisotopic (exact) mass is 328 g/mol. The van der Waals surface area contributed by atoms with Crippen molar-refractivity contribution in [3.63, 3.8) is 0 Å². The van der Waals surface area contributed by atoms with Crippen LogP contribution >= 0.6 is 0 Å². The van der Waals surface area contributed by atoms with E-state index in [-0.39, 0.29) is 18.3 Å². The Bertz CT molecular complexity index is 562. The highest BCUT2D eigenvalue weighted by atomic mass is 16.7. The molecule has 3 heterocycles. The van der Waals surface area contributed by atoms with Crippen LogP contribution in [0.5, 0.6) is 0 Å². The van der Waals surface area contributed by atoms with Crippen LogP contribution in [0.15, 0.2) is 24.3 Å². The first-order valence-corrected chi connectivity index (χ1v) is 9.07. The Morgan fingerprint density at radius 1 is 1.08 bits per heavy atom. The molecule has 0 bridgehead atoms. The summed E-state index contributed by atoms with van der Waals surface area (Å²) in [5.41, 5.74) is 1.63. The summed E-state index contributed by atoms with van der Waals surface area (Å²) in [6, 6.07) is 4.24. The molecule has 0 radical (unpaired) electrons. The molecule has 5 heteroatoms. The molecule has 2 saturated heterocycles. The zero-order valence-electron chi connectivity index (χ0n) is 15.4. The van der Waals surface area contributed by atoms with Crippen LogP contribution in [0.4, 0.5) is 0 Å². The van der Waals surface area contributed by atoms with E-state index in [1.165, 1.54) is 32.4 Å². The van der Waals surface area contributed by atoms with Crippen molar-refractivity contribution in [3.8, 4) is 0 Å². The van der Waals surface area contributed by atoms with Crippen molar-refractivity contribution in [1.82, 2.24) is 9.88 Å². The van der Waals surface area contributed by atoms with Gasteiger partial charge in [0.2, 0.25) is 0 Å². The number of likely N-dealkylation sites (tertiary alicyclic amines) is 1. The molecule has 0 spiro atoms. The lowest BCUT2D eigenvalue weighted by Crippen LogP contribution is -2.41. The minimum Gasteiger partial charge on any atom is -0.400 e. The second kappa shape index (κ2) is 6.99. The van der Waals surface area contributed by atoms with Crippen molar-refractivity contribution in [3.05, 3.63) is 35.6 Å². The summed E-state index contributed by atoms with van der Waals surface area (Å²) in [6.45, 7) is 11.6. The quantitative estimate of drug-likeness (QED) is 0.789. The van der Waals surface area contributed by atoms with E-state index in [4.69, 9.17) is 9.31 Å². The van der Waals surface area contributed by atoms with E-state index >= 15 is 0 Å². The molecule has 3 rings (SSSR count). The fraction of sp³-hybridized carbons (Fsp3) is 0.632. The average Bonchev–Trinajstić information content (AvgIpc) is 2.75. The van der Waals surface area contributed by atoms with Gasteiger partial charge in [-0.25, -0.2) is 0 Å². The van der Waals surface area contributed by atoms with E-state index in [0.717, 1.165) is 17.8 Å². The summed E-state index contributed by atoms with van der Waals surface area (Å²) in [4.78, 5) is 7.09. The number of nitrogens with zero attached hydrogens (tertiary/aromatic N) is 2. The highest BCUT2D eigenvalue weighted by molar-refractivity contribution is 6.52. The molecule has 1 aromatic heterocycles. The predicted octanol–water partition coefficient (Wildman–Crippen LogP) is 3.71. The molecule has 0 aliphatic carbocycles. The van der Waals surface area contributed by atoms with Gasteiger partial charge >= 0.3 is 7.12 Å². The van der Waals surface area contributed by atoms with Gasteiger partial charge in [0.1, 0.15) is 0 Å². The van der Waals surface area contributed by atoms with Gasteiger partial charge in [-0.15, -0.1) is 0 Å². The minimum absolute atomic E-state index is 0.293. The van der Waals surface area contributed by atoms with E-state index in [0.29, 0.717) is 0 Å². The minimum atomic E-state index is -0.303. The Balaban J connectivity index is 1.56. The SMILES string of the molecule is CC1(C)OB(C=Cc2ccc(CN3CCCCC3)nc2)OC1(C)C. The van der Waals surface area contributed by atoms with E-state index in [1.54, 1.807) is 0 Å². The number of hydrogen-bond acceptors (Lipinski definition) is 4. The number of rotatable bonds is 4. The summed E-state index contributed by atoms with van der Waals surface area (Å²) < 4.78 is 11.9. The first kappa shape index (κ1) is 17.7. The van der Waals surface area contributed by atoms with Crippen LogP contribution in [0.3, 0.4) is 0 Å². The van der Waals surface area contributed by atoms with Crippen molar-refractivity contribution in [2.75, 3.05) is 13.1 Å². The Kier molecular flexibility index (Phi) is 5.14. The van der Waals surface area contributed by atoms with E-state index in [2.05, 4.69) is 49.7 Å². The molecule has 130 valence electrons. The topological polar surface area (TPSA) is 34.6 Å². The van der Waals surface area contributed by atoms with Crippen LogP contribution in [-0.4, -0.2) is 41.3 Å². The molecule has 0 aromatic carbocycles. The lowest BCUT2D eigenvalue weighted by atomic mass is 9.89. The van der Waals surface area contributed by atoms with Crippen LogP contribution in [0, 0.1) is 0 Å². The van der Waals surface area contributed by atoms with Gasteiger partial charge in [-0.05, 0) is 65.3 Å². The molecule has 0 saturated carbocycles. The third-order valence-electron chi connectivity index (χ3n) is 5.40. The second-order valence-corrected chi connectivity index (χ2v) is 7.90. The zero-order valence-corrected chi connectivity index (χ0v) is 15.4. The fourth-order valence-electron chi connectivity index (χ4n) is 3.13. The predicted molar refractivity (Wildman–Crippen MR) is 98.5 cm³/mol. The lowest BCUT2D eigenvalue weighted by Gasteiger charge is -2.32. The standard InChI is InChI=1S/C19H29BN2O2/c1-18(2)19(3,4)24-20(23-18)11-10-16-8-9-17(21-14-16)15-22-12-6-5-7-13-22/h8-11,14H,5-7,12-13,15H2,1-4H3. The molecule has 2 aliphatic heterocycles. The maximum Gasteiger partial charge on any atom is 0.487 e. The van der Waals surface area contributed by atoms with Crippen molar-refractivity contribution >= 4 is 13.2 Å². The van der Waals surface area contributed by atoms with Crippen molar-refractivity contribution < 1.29 is 9.31 Å². The lowest BCUT2D eigenvalue weighted by molar-refractivity contribution is 0.00578. The first-order valence-electron chi connectivity index (χ1n) is 9.07. The molecule has 0 N–H and O–H groups in total. The number of piperidine rings is 1. The van der Waals surface area contributed by atoms with Gasteiger partial charge in [-0.2, -0.15) is 0 Å². The van der Waals surface area contributed by atoms with Crippen LogP contribution in [0.2, 0.25) is 0 Å². The molecule has 24 heavy (non-hydrogen) atoms. The van der Waals surface area contributed by atoms with E-state index < -0.39 is 0 Å². The van der Waals surface area contributed by atoms with Gasteiger partial charge in [0.25, 0.3) is 0 Å². The molecule has 0 atom stereocenters. The van der Waals surface area contributed by atoms with E-state index in [9.17, 15) is 0 Å². The molecular formula is C19H29BN2O2. The van der Waals surface area contributed by atoms with Crippen molar-refractivity contribution in [2.24, 2.45) is 0 Å². The largest absolute Gasteiger partial charge is 0.487 e. The summed E-state index contributed by atoms with van der Waals surface area (Å²) in [5.74, 6) is 1.97. The highest BCUT2D eigenvalue weighted by Crippen LogP contribution is 2.37. The van der Waals surface area contributed by atoms with E-state index in [1.807, 2.05) is 18.2 Å². The zero-order chi connectivity index (χ0) is 17.2. The molecular weight excluding hydrogens is 299 g/mol. The van der Waals surface area contributed by atoms with Crippen LogP contribution in [-0.2, 0) is 15.9 Å². The average molecular weight is 328 g/mol. The number of pyridine rings is 1. The Hall–Kier alpha value is -1.17. The number of hydrogen-bond donors (Lipinski definition) is 0. The smallest absolute Gasteiger partial charge is 0.400 e. The maximum absolute atomic E-state index is 5.97. The Morgan fingerprint density at radius 2 is 1.75 bits per heavy atom. The number of aromatic nitrogens is 1. The van der Waals surface area contributed by atoms with Gasteiger partial charge in [0.05, 0.1) is 16.9 Å². The first-order chi connectivity index (χ1) is 11.4. The summed E-state index contributed by atoms with van der Waals surface area (Å²) in [6.07, 6.45) is 7.96.